The summed E-state index contributed by atoms with van der Waals surface area (Å²) in [6.07, 6.45) is 0. The molecule has 0 radical (unpaired) electrons. The Morgan fingerprint density at radius 2 is 0.872 bits per heavy atom. The van der Waals surface area contributed by atoms with E-state index in [0.717, 1.165) is 11.4 Å². The van der Waals surface area contributed by atoms with Gasteiger partial charge in [-0.05, 0) is 91.9 Å². The highest BCUT2D eigenvalue weighted by Gasteiger charge is 2.52. The molecule has 2 aliphatic carbocycles. The Hall–Kier alpha value is -5.66. The van der Waals surface area contributed by atoms with E-state index in [1.807, 2.05) is 0 Å². The van der Waals surface area contributed by atoms with Gasteiger partial charge in [-0.3, -0.25) is 0 Å². The van der Waals surface area contributed by atoms with E-state index in [4.69, 9.17) is 0 Å². The van der Waals surface area contributed by atoms with Crippen LogP contribution in [0.4, 0.5) is 17.1 Å². The predicted molar refractivity (Wildman–Crippen MR) is 197 cm³/mol. The summed E-state index contributed by atoms with van der Waals surface area (Å²) in [6, 6.07) is 62.9. The highest BCUT2D eigenvalue weighted by atomic mass is 15.1. The van der Waals surface area contributed by atoms with E-state index in [0.29, 0.717) is 5.92 Å². The van der Waals surface area contributed by atoms with Crippen LogP contribution in [0, 0.1) is 0 Å². The first-order valence-corrected chi connectivity index (χ1v) is 16.6. The molecular formula is C46H35N. The average molecular weight is 602 g/mol. The van der Waals surface area contributed by atoms with Crippen LogP contribution < -0.4 is 4.90 Å². The van der Waals surface area contributed by atoms with Gasteiger partial charge in [0, 0.05) is 16.9 Å². The lowest BCUT2D eigenvalue weighted by Gasteiger charge is -2.32. The van der Waals surface area contributed by atoms with Gasteiger partial charge in [-0.1, -0.05) is 153 Å². The molecule has 0 bridgehead atoms. The molecular weight excluding hydrogens is 567 g/mol. The highest BCUT2D eigenvalue weighted by molar-refractivity contribution is 6.01. The molecule has 1 heteroatoms. The van der Waals surface area contributed by atoms with E-state index in [2.05, 4.69) is 189 Å². The summed E-state index contributed by atoms with van der Waals surface area (Å²) < 4.78 is 0. The minimum absolute atomic E-state index is 0.376. The topological polar surface area (TPSA) is 3.24 Å². The first-order chi connectivity index (χ1) is 23.2. The van der Waals surface area contributed by atoms with Crippen molar-refractivity contribution in [2.75, 3.05) is 4.90 Å². The van der Waals surface area contributed by atoms with E-state index >= 15 is 0 Å². The Labute approximate surface area is 277 Å². The molecule has 1 nitrogen and oxygen atoms in total. The average Bonchev–Trinajstić information content (AvgIpc) is 3.61. The number of fused-ring (bicyclic) bond motifs is 10. The summed E-state index contributed by atoms with van der Waals surface area (Å²) in [5, 5.41) is 0. The molecule has 0 aromatic heterocycles. The lowest BCUT2D eigenvalue weighted by molar-refractivity contribution is 0.794. The van der Waals surface area contributed by atoms with Crippen LogP contribution in [0.25, 0.3) is 33.4 Å². The van der Waals surface area contributed by atoms with Crippen molar-refractivity contribution in [3.8, 4) is 33.4 Å². The third-order valence-corrected chi connectivity index (χ3v) is 10.3. The van der Waals surface area contributed by atoms with Gasteiger partial charge >= 0.3 is 0 Å². The van der Waals surface area contributed by atoms with Crippen LogP contribution >= 0.6 is 0 Å². The minimum Gasteiger partial charge on any atom is -0.310 e. The van der Waals surface area contributed by atoms with Crippen LogP contribution in [0.1, 0.15) is 47.6 Å². The van der Waals surface area contributed by atoms with E-state index in [1.165, 1.54) is 66.9 Å². The second-order valence-electron chi connectivity index (χ2n) is 13.1. The van der Waals surface area contributed by atoms with Gasteiger partial charge in [0.05, 0.1) is 11.1 Å². The molecule has 1 spiro atoms. The summed E-state index contributed by atoms with van der Waals surface area (Å²) in [4.78, 5) is 2.46. The molecule has 0 unspecified atom stereocenters. The monoisotopic (exact) mass is 601 g/mol. The Balaban J connectivity index is 1.31. The lowest BCUT2D eigenvalue weighted by atomic mass is 9.70. The Morgan fingerprint density at radius 1 is 0.404 bits per heavy atom. The maximum atomic E-state index is 2.46. The molecule has 47 heavy (non-hydrogen) atoms. The molecule has 0 saturated carbocycles. The normalized spacial score (nSPS) is 13.3. The van der Waals surface area contributed by atoms with Crippen molar-refractivity contribution in [1.82, 2.24) is 0 Å². The van der Waals surface area contributed by atoms with Gasteiger partial charge in [-0.15, -0.1) is 0 Å². The van der Waals surface area contributed by atoms with Crippen molar-refractivity contribution in [2.24, 2.45) is 0 Å². The van der Waals surface area contributed by atoms with E-state index < -0.39 is 0 Å². The Morgan fingerprint density at radius 3 is 1.47 bits per heavy atom. The fourth-order valence-corrected chi connectivity index (χ4v) is 8.18. The predicted octanol–water partition coefficient (Wildman–Crippen LogP) is 12.3. The molecule has 2 aliphatic rings. The van der Waals surface area contributed by atoms with E-state index in [-0.39, 0.29) is 5.41 Å². The zero-order valence-electron chi connectivity index (χ0n) is 26.7. The summed E-state index contributed by atoms with van der Waals surface area (Å²) in [5.74, 6) is 0.470. The SMILES string of the molecule is CC(C)c1ccc(N(c2ccc(-c3ccccc3)cc2)c2cccc3c2-c2ccccc2C32c3ccccc3-c3ccccc32)cc1. The number of benzene rings is 7. The van der Waals surface area contributed by atoms with Gasteiger partial charge in [0.15, 0.2) is 0 Å². The van der Waals surface area contributed by atoms with Crippen molar-refractivity contribution in [1.29, 1.82) is 0 Å². The molecule has 0 fully saturated rings. The van der Waals surface area contributed by atoms with Crippen molar-refractivity contribution < 1.29 is 0 Å². The summed E-state index contributed by atoms with van der Waals surface area (Å²) in [5.41, 5.74) is 17.6. The molecule has 0 heterocycles. The van der Waals surface area contributed by atoms with Crippen LogP contribution in [-0.4, -0.2) is 0 Å². The zero-order valence-corrected chi connectivity index (χ0v) is 26.7. The van der Waals surface area contributed by atoms with E-state index in [9.17, 15) is 0 Å². The van der Waals surface area contributed by atoms with Crippen molar-refractivity contribution >= 4 is 17.1 Å². The number of nitrogens with zero attached hydrogens (tertiary/aromatic N) is 1. The van der Waals surface area contributed by atoms with Gasteiger partial charge in [-0.2, -0.15) is 0 Å². The number of rotatable bonds is 5. The molecule has 0 amide bonds. The molecule has 7 aromatic carbocycles. The number of hydrogen-bond donors (Lipinski definition) is 0. The number of hydrogen-bond acceptors (Lipinski definition) is 1. The molecule has 0 aliphatic heterocycles. The molecule has 0 saturated heterocycles. The summed E-state index contributed by atoms with van der Waals surface area (Å²) in [7, 11) is 0. The zero-order chi connectivity index (χ0) is 31.5. The molecule has 224 valence electrons. The van der Waals surface area contributed by atoms with Gasteiger partial charge in [0.1, 0.15) is 0 Å². The summed E-state index contributed by atoms with van der Waals surface area (Å²) >= 11 is 0. The smallest absolute Gasteiger partial charge is 0.0726 e. The highest BCUT2D eigenvalue weighted by Crippen LogP contribution is 2.64. The maximum absolute atomic E-state index is 2.46. The van der Waals surface area contributed by atoms with Crippen LogP contribution in [0.5, 0.6) is 0 Å². The third kappa shape index (κ3) is 4.03. The van der Waals surface area contributed by atoms with Gasteiger partial charge in [0.25, 0.3) is 0 Å². The fraction of sp³-hybridized carbons (Fsp3) is 0.0870. The van der Waals surface area contributed by atoms with Crippen LogP contribution in [0.15, 0.2) is 170 Å². The molecule has 0 N–H and O–H groups in total. The van der Waals surface area contributed by atoms with Gasteiger partial charge < -0.3 is 4.90 Å². The quantitative estimate of drug-likeness (QED) is 0.190. The summed E-state index contributed by atoms with van der Waals surface area (Å²) in [6.45, 7) is 4.51. The van der Waals surface area contributed by atoms with Crippen molar-refractivity contribution in [3.63, 3.8) is 0 Å². The second kappa shape index (κ2) is 10.7. The molecule has 0 atom stereocenters. The maximum Gasteiger partial charge on any atom is 0.0726 e. The molecule has 9 rings (SSSR count). The van der Waals surface area contributed by atoms with Crippen LogP contribution in [0.2, 0.25) is 0 Å². The van der Waals surface area contributed by atoms with Crippen LogP contribution in [-0.2, 0) is 5.41 Å². The van der Waals surface area contributed by atoms with Gasteiger partial charge in [-0.25, -0.2) is 0 Å². The van der Waals surface area contributed by atoms with E-state index in [1.54, 1.807) is 0 Å². The minimum atomic E-state index is -0.376. The van der Waals surface area contributed by atoms with Crippen LogP contribution in [0.3, 0.4) is 0 Å². The number of anilines is 3. The standard InChI is InChI=1S/C46H35N/c1-31(2)32-23-27-35(28-24-32)47(36-29-25-34(26-30-36)33-13-4-3-5-14-33)44-22-12-21-43-45(44)39-17-8-11-20-42(39)46(43)40-18-9-6-15-37(40)38-16-7-10-19-41(38)46/h3-31H,1-2H3. The lowest BCUT2D eigenvalue weighted by Crippen LogP contribution is -2.26. The Bertz CT molecular complexity index is 2210. The Kier molecular flexibility index (Phi) is 6.30. The first kappa shape index (κ1) is 27.6. The second-order valence-corrected chi connectivity index (χ2v) is 13.1. The molecule has 7 aromatic rings. The largest absolute Gasteiger partial charge is 0.310 e. The van der Waals surface area contributed by atoms with Gasteiger partial charge in [0.2, 0.25) is 0 Å². The first-order valence-electron chi connectivity index (χ1n) is 16.6. The fourth-order valence-electron chi connectivity index (χ4n) is 8.18. The van der Waals surface area contributed by atoms with Crippen molar-refractivity contribution in [3.05, 3.63) is 198 Å². The third-order valence-electron chi connectivity index (χ3n) is 10.3. The van der Waals surface area contributed by atoms with Crippen molar-refractivity contribution in [2.45, 2.75) is 25.2 Å².